The fraction of sp³-hybridized carbons (Fsp3) is 0.148. The summed E-state index contributed by atoms with van der Waals surface area (Å²) in [5.74, 6) is 1.46. The van der Waals surface area contributed by atoms with Crippen LogP contribution in [0.5, 0.6) is 17.2 Å². The van der Waals surface area contributed by atoms with Gasteiger partial charge in [0, 0.05) is 5.56 Å². The lowest BCUT2D eigenvalue weighted by molar-refractivity contribution is -0.114. The van der Waals surface area contributed by atoms with E-state index in [9.17, 15) is 9.59 Å². The third-order valence-corrected chi connectivity index (χ3v) is 6.04. The van der Waals surface area contributed by atoms with Crippen LogP contribution in [0.4, 0.5) is 5.69 Å². The first-order valence-corrected chi connectivity index (χ1v) is 11.5. The normalized spacial score (nSPS) is 15.7. The van der Waals surface area contributed by atoms with E-state index >= 15 is 0 Å². The van der Waals surface area contributed by atoms with E-state index in [1.807, 2.05) is 31.2 Å². The molecule has 2 aliphatic heterocycles. The molecule has 1 fully saturated rings. The molecule has 0 bridgehead atoms. The van der Waals surface area contributed by atoms with Crippen molar-refractivity contribution in [3.63, 3.8) is 0 Å². The molecule has 3 aromatic carbocycles. The van der Waals surface area contributed by atoms with Crippen LogP contribution in [0, 0.1) is 0 Å². The van der Waals surface area contributed by atoms with Gasteiger partial charge in [0.2, 0.25) is 6.79 Å². The molecule has 7 nitrogen and oxygen atoms in total. The van der Waals surface area contributed by atoms with Crippen LogP contribution >= 0.6 is 12.2 Å². The summed E-state index contributed by atoms with van der Waals surface area (Å²) in [7, 11) is 0. The topological polar surface area (TPSA) is 68.3 Å². The van der Waals surface area contributed by atoms with Crippen molar-refractivity contribution in [2.24, 2.45) is 0 Å². The number of benzene rings is 3. The van der Waals surface area contributed by atoms with E-state index in [2.05, 4.69) is 0 Å². The van der Waals surface area contributed by atoms with Gasteiger partial charge in [-0.3, -0.25) is 14.5 Å². The number of fused-ring (bicyclic) bond motifs is 1. The molecular formula is C27H22N2O5S. The molecular weight excluding hydrogens is 464 g/mol. The highest BCUT2D eigenvalue weighted by atomic mass is 32.1. The number of thiocarbonyl (C=S) groups is 1. The molecule has 176 valence electrons. The second kappa shape index (κ2) is 9.60. The van der Waals surface area contributed by atoms with Gasteiger partial charge in [-0.25, -0.2) is 0 Å². The number of ether oxygens (including phenoxy) is 3. The summed E-state index contributed by atoms with van der Waals surface area (Å²) in [6.07, 6.45) is 1.71. The quantitative estimate of drug-likeness (QED) is 0.273. The Labute approximate surface area is 208 Å². The van der Waals surface area contributed by atoms with Crippen LogP contribution in [0.1, 0.15) is 22.8 Å². The molecule has 35 heavy (non-hydrogen) atoms. The molecule has 8 heteroatoms. The summed E-state index contributed by atoms with van der Waals surface area (Å²) in [4.78, 5) is 29.7. The Morgan fingerprint density at radius 1 is 1.03 bits per heavy atom. The number of Topliss-reactive ketones (excluding diaryl/α,β-unsaturated/α-hetero) is 1. The van der Waals surface area contributed by atoms with Crippen molar-refractivity contribution < 1.29 is 23.8 Å². The second-order valence-corrected chi connectivity index (χ2v) is 8.23. The fourth-order valence-corrected chi connectivity index (χ4v) is 4.29. The van der Waals surface area contributed by atoms with Crippen LogP contribution in [0.3, 0.4) is 0 Å². The first-order valence-electron chi connectivity index (χ1n) is 11.1. The fourth-order valence-electron chi connectivity index (χ4n) is 3.94. The van der Waals surface area contributed by atoms with Gasteiger partial charge in [-0.2, -0.15) is 0 Å². The Balaban J connectivity index is 1.48. The van der Waals surface area contributed by atoms with E-state index in [-0.39, 0.29) is 30.1 Å². The Hall–Kier alpha value is -4.17. The van der Waals surface area contributed by atoms with Crippen molar-refractivity contribution in [3.05, 3.63) is 89.6 Å². The van der Waals surface area contributed by atoms with Crippen molar-refractivity contribution in [1.82, 2.24) is 4.90 Å². The Kier molecular flexibility index (Phi) is 6.20. The third-order valence-electron chi connectivity index (χ3n) is 5.64. The summed E-state index contributed by atoms with van der Waals surface area (Å²) in [5, 5.41) is 0.243. The van der Waals surface area contributed by atoms with Gasteiger partial charge < -0.3 is 19.1 Å². The summed E-state index contributed by atoms with van der Waals surface area (Å²) in [5.41, 5.74) is 2.17. The number of amides is 1. The molecule has 3 aromatic rings. The van der Waals surface area contributed by atoms with Gasteiger partial charge in [-0.1, -0.05) is 24.3 Å². The molecule has 0 aromatic heterocycles. The Morgan fingerprint density at radius 3 is 2.51 bits per heavy atom. The minimum absolute atomic E-state index is 0.0850. The minimum Gasteiger partial charge on any atom is -0.494 e. The maximum Gasteiger partial charge on any atom is 0.281 e. The zero-order chi connectivity index (χ0) is 24.4. The van der Waals surface area contributed by atoms with Gasteiger partial charge in [0.05, 0.1) is 18.8 Å². The summed E-state index contributed by atoms with van der Waals surface area (Å²) in [6.45, 7) is 2.51. The molecule has 2 heterocycles. The van der Waals surface area contributed by atoms with E-state index in [1.165, 1.54) is 4.90 Å². The molecule has 0 saturated carbocycles. The lowest BCUT2D eigenvalue weighted by Gasteiger charge is -2.20. The molecule has 1 saturated heterocycles. The number of nitrogens with zero attached hydrogens (tertiary/aromatic N) is 2. The van der Waals surface area contributed by atoms with Gasteiger partial charge >= 0.3 is 0 Å². The standard InChI is InChI=1S/C27H22N2O5S/c1-2-32-21-11-9-19(10-12-21)23(30)16-28-22(14-18-8-13-24-25(15-18)34-17-33-24)26(31)29(27(28)35)20-6-4-3-5-7-20/h3-15H,2,16-17H2,1H3/b22-14+. The van der Waals surface area contributed by atoms with Crippen LogP contribution in [0.25, 0.3) is 6.08 Å². The molecule has 2 aliphatic rings. The summed E-state index contributed by atoms with van der Waals surface area (Å²) in [6, 6.07) is 21.5. The second-order valence-electron chi connectivity index (χ2n) is 7.87. The van der Waals surface area contributed by atoms with E-state index in [4.69, 9.17) is 26.4 Å². The van der Waals surface area contributed by atoms with E-state index in [1.54, 1.807) is 59.5 Å². The number of carbonyl (C=O) groups is 2. The molecule has 5 rings (SSSR count). The van der Waals surface area contributed by atoms with Crippen molar-refractivity contribution in [2.75, 3.05) is 24.8 Å². The van der Waals surface area contributed by atoms with E-state index in [0.29, 0.717) is 40.8 Å². The molecule has 0 unspecified atom stereocenters. The molecule has 0 spiro atoms. The lowest BCUT2D eigenvalue weighted by atomic mass is 10.1. The molecule has 0 aliphatic carbocycles. The highest BCUT2D eigenvalue weighted by molar-refractivity contribution is 7.80. The smallest absolute Gasteiger partial charge is 0.281 e. The van der Waals surface area contributed by atoms with E-state index in [0.717, 1.165) is 5.56 Å². The lowest BCUT2D eigenvalue weighted by Crippen LogP contribution is -2.35. The average Bonchev–Trinajstić information content (AvgIpc) is 3.43. The van der Waals surface area contributed by atoms with E-state index < -0.39 is 0 Å². The van der Waals surface area contributed by atoms with Gasteiger partial charge in [0.15, 0.2) is 22.4 Å². The Bertz CT molecular complexity index is 1320. The predicted octanol–water partition coefficient (Wildman–Crippen LogP) is 4.67. The number of anilines is 1. The van der Waals surface area contributed by atoms with Crippen LogP contribution in [-0.4, -0.2) is 41.6 Å². The van der Waals surface area contributed by atoms with Crippen LogP contribution in [0.2, 0.25) is 0 Å². The maximum atomic E-state index is 13.5. The highest BCUT2D eigenvalue weighted by Crippen LogP contribution is 2.35. The third kappa shape index (κ3) is 4.48. The first-order chi connectivity index (χ1) is 17.0. The van der Waals surface area contributed by atoms with Crippen molar-refractivity contribution in [1.29, 1.82) is 0 Å². The van der Waals surface area contributed by atoms with Crippen molar-refractivity contribution in [2.45, 2.75) is 6.92 Å². The first kappa shape index (κ1) is 22.6. The molecule has 0 N–H and O–H groups in total. The SMILES string of the molecule is CCOc1ccc(C(=O)CN2C(=S)N(c3ccccc3)C(=O)/C2=C\c2ccc3c(c2)OCO3)cc1. The number of rotatable bonds is 7. The summed E-state index contributed by atoms with van der Waals surface area (Å²) < 4.78 is 16.3. The van der Waals surface area contributed by atoms with Crippen LogP contribution < -0.4 is 19.1 Å². The maximum absolute atomic E-state index is 13.5. The minimum atomic E-state index is -0.307. The highest BCUT2D eigenvalue weighted by Gasteiger charge is 2.40. The van der Waals surface area contributed by atoms with Gasteiger partial charge in [0.25, 0.3) is 5.91 Å². The summed E-state index contributed by atoms with van der Waals surface area (Å²) >= 11 is 5.69. The number of hydrogen-bond acceptors (Lipinski definition) is 6. The van der Waals surface area contributed by atoms with Crippen molar-refractivity contribution >= 4 is 40.8 Å². The molecule has 0 radical (unpaired) electrons. The Morgan fingerprint density at radius 2 is 1.77 bits per heavy atom. The number of para-hydroxylation sites is 1. The zero-order valence-corrected chi connectivity index (χ0v) is 19.8. The number of hydrogen-bond donors (Lipinski definition) is 0. The number of ketones is 1. The molecule has 0 atom stereocenters. The van der Waals surface area contributed by atoms with Gasteiger partial charge in [-0.05, 0) is 79.3 Å². The van der Waals surface area contributed by atoms with Gasteiger partial charge in [0.1, 0.15) is 11.4 Å². The zero-order valence-electron chi connectivity index (χ0n) is 19.0. The largest absolute Gasteiger partial charge is 0.494 e. The van der Waals surface area contributed by atoms with Crippen molar-refractivity contribution in [3.8, 4) is 17.2 Å². The molecule has 1 amide bonds. The average molecular weight is 487 g/mol. The monoisotopic (exact) mass is 486 g/mol. The van der Waals surface area contributed by atoms with Crippen LogP contribution in [-0.2, 0) is 4.79 Å². The number of carbonyl (C=O) groups excluding carboxylic acids is 2. The predicted molar refractivity (Wildman–Crippen MR) is 136 cm³/mol. The van der Waals surface area contributed by atoms with Gasteiger partial charge in [-0.15, -0.1) is 0 Å². The van der Waals surface area contributed by atoms with Crippen LogP contribution in [0.15, 0.2) is 78.5 Å².